The molecule has 0 aliphatic heterocycles. The maximum atomic E-state index is 11.1. The number of hydrogen-bond donors (Lipinski definition) is 3. The van der Waals surface area contributed by atoms with Crippen molar-refractivity contribution in [2.45, 2.75) is 13.3 Å². The van der Waals surface area contributed by atoms with Gasteiger partial charge >= 0.3 is 5.97 Å². The first-order chi connectivity index (χ1) is 8.95. The van der Waals surface area contributed by atoms with Gasteiger partial charge in [0.2, 0.25) is 0 Å². The molecule has 3 N–H and O–H groups in total. The normalized spacial score (nSPS) is 11.9. The van der Waals surface area contributed by atoms with E-state index in [9.17, 15) is 14.9 Å². The lowest BCUT2D eigenvalue weighted by molar-refractivity contribution is -0.384. The number of carbonyl (C=O) groups is 1. The minimum absolute atomic E-state index is 0.0644. The molecular weight excluding hydrogens is 252 g/mol. The molecule has 0 saturated heterocycles. The average molecular weight is 268 g/mol. The number of aliphatic hydroxyl groups is 1. The highest BCUT2D eigenvalue weighted by atomic mass is 16.6. The molecule has 104 valence electrons. The maximum absolute atomic E-state index is 11.1. The van der Waals surface area contributed by atoms with Gasteiger partial charge < -0.3 is 15.5 Å². The Hall–Kier alpha value is -2.15. The summed E-state index contributed by atoms with van der Waals surface area (Å²) in [6.45, 7) is 2.46. The number of anilines is 1. The highest BCUT2D eigenvalue weighted by Crippen LogP contribution is 2.22. The van der Waals surface area contributed by atoms with E-state index < -0.39 is 10.9 Å². The molecule has 1 atom stereocenters. The molecule has 1 rings (SSSR count). The number of benzene rings is 1. The molecule has 0 radical (unpaired) electrons. The Bertz CT molecular complexity index is 475. The van der Waals surface area contributed by atoms with Gasteiger partial charge in [0.1, 0.15) is 0 Å². The molecule has 0 aliphatic rings. The van der Waals surface area contributed by atoms with Crippen molar-refractivity contribution in [1.29, 1.82) is 0 Å². The Morgan fingerprint density at radius 2 is 2.21 bits per heavy atom. The Morgan fingerprint density at radius 3 is 2.74 bits per heavy atom. The van der Waals surface area contributed by atoms with Crippen molar-refractivity contribution >= 4 is 17.3 Å². The van der Waals surface area contributed by atoms with E-state index in [4.69, 9.17) is 10.2 Å². The predicted molar refractivity (Wildman–Crippen MR) is 69.4 cm³/mol. The molecular formula is C12H16N2O5. The number of aliphatic hydroxyl groups excluding tert-OH is 1. The summed E-state index contributed by atoms with van der Waals surface area (Å²) in [4.78, 5) is 21.0. The number of hydrogen-bond acceptors (Lipinski definition) is 5. The molecule has 0 spiro atoms. The second kappa shape index (κ2) is 6.69. The van der Waals surface area contributed by atoms with Gasteiger partial charge in [0.15, 0.2) is 0 Å². The van der Waals surface area contributed by atoms with Crippen LogP contribution in [0.15, 0.2) is 18.2 Å². The lowest BCUT2D eigenvalue weighted by Gasteiger charge is -2.13. The second-order valence-corrected chi connectivity index (χ2v) is 4.29. The van der Waals surface area contributed by atoms with Gasteiger partial charge in [-0.25, -0.2) is 4.79 Å². The minimum Gasteiger partial charge on any atom is -0.478 e. The molecule has 1 aromatic rings. The molecule has 19 heavy (non-hydrogen) atoms. The number of carboxylic acid groups (broad SMARTS) is 1. The van der Waals surface area contributed by atoms with Crippen LogP contribution in [0.3, 0.4) is 0 Å². The number of rotatable bonds is 7. The third kappa shape index (κ3) is 4.22. The van der Waals surface area contributed by atoms with Crippen LogP contribution in [-0.4, -0.2) is 34.3 Å². The summed E-state index contributed by atoms with van der Waals surface area (Å²) in [7, 11) is 0. The number of nitro groups is 1. The summed E-state index contributed by atoms with van der Waals surface area (Å²) in [5.41, 5.74) is -0.0559. The quantitative estimate of drug-likeness (QED) is 0.512. The Morgan fingerprint density at radius 1 is 1.53 bits per heavy atom. The molecule has 7 heteroatoms. The van der Waals surface area contributed by atoms with Crippen molar-refractivity contribution < 1.29 is 19.9 Å². The molecule has 1 unspecified atom stereocenters. The Kier molecular flexibility index (Phi) is 5.25. The van der Waals surface area contributed by atoms with E-state index in [2.05, 4.69) is 5.32 Å². The molecule has 0 heterocycles. The van der Waals surface area contributed by atoms with Crippen LogP contribution in [0.5, 0.6) is 0 Å². The molecule has 7 nitrogen and oxygen atoms in total. The van der Waals surface area contributed by atoms with Crippen LogP contribution in [0.4, 0.5) is 11.4 Å². The van der Waals surface area contributed by atoms with Crippen LogP contribution < -0.4 is 5.32 Å². The molecule has 0 saturated carbocycles. The van der Waals surface area contributed by atoms with E-state index in [0.717, 1.165) is 6.07 Å². The van der Waals surface area contributed by atoms with Gasteiger partial charge in [0.25, 0.3) is 5.69 Å². The SMILES string of the molecule is CC(CCO)CNc1ccc([N+](=O)[O-])cc1C(=O)O. The summed E-state index contributed by atoms with van der Waals surface area (Å²) in [6.07, 6.45) is 0.600. The maximum Gasteiger partial charge on any atom is 0.338 e. The van der Waals surface area contributed by atoms with Crippen molar-refractivity contribution in [3.05, 3.63) is 33.9 Å². The van der Waals surface area contributed by atoms with Crippen LogP contribution in [0.25, 0.3) is 0 Å². The number of nitro benzene ring substituents is 1. The highest BCUT2D eigenvalue weighted by Gasteiger charge is 2.16. The van der Waals surface area contributed by atoms with Gasteiger partial charge in [-0.3, -0.25) is 10.1 Å². The van der Waals surface area contributed by atoms with Gasteiger partial charge in [0, 0.05) is 31.0 Å². The summed E-state index contributed by atoms with van der Waals surface area (Å²) in [5.74, 6) is -1.05. The number of nitrogens with one attached hydrogen (secondary N) is 1. The fourth-order valence-corrected chi connectivity index (χ4v) is 1.58. The summed E-state index contributed by atoms with van der Waals surface area (Å²) >= 11 is 0. The molecule has 1 aromatic carbocycles. The van der Waals surface area contributed by atoms with Crippen molar-refractivity contribution in [2.24, 2.45) is 5.92 Å². The first-order valence-electron chi connectivity index (χ1n) is 5.82. The first kappa shape index (κ1) is 14.9. The fraction of sp³-hybridized carbons (Fsp3) is 0.417. The van der Waals surface area contributed by atoms with Gasteiger partial charge in [-0.2, -0.15) is 0 Å². The zero-order valence-electron chi connectivity index (χ0n) is 10.5. The van der Waals surface area contributed by atoms with E-state index in [1.165, 1.54) is 12.1 Å². The Labute approximate surface area is 110 Å². The van der Waals surface area contributed by atoms with Crippen LogP contribution in [-0.2, 0) is 0 Å². The summed E-state index contributed by atoms with van der Waals surface area (Å²) in [5, 5.41) is 31.3. The lowest BCUT2D eigenvalue weighted by Crippen LogP contribution is -2.15. The standard InChI is InChI=1S/C12H16N2O5/c1-8(4-5-15)7-13-11-3-2-9(14(18)19)6-10(11)12(16)17/h2-3,6,8,13,15H,4-5,7H2,1H3,(H,16,17). The highest BCUT2D eigenvalue weighted by molar-refractivity contribution is 5.95. The Balaban J connectivity index is 2.88. The first-order valence-corrected chi connectivity index (χ1v) is 5.82. The number of aromatic carboxylic acids is 1. The van der Waals surface area contributed by atoms with E-state index >= 15 is 0 Å². The smallest absolute Gasteiger partial charge is 0.338 e. The van der Waals surface area contributed by atoms with E-state index in [1.807, 2.05) is 6.92 Å². The molecule has 0 amide bonds. The van der Waals surface area contributed by atoms with Gasteiger partial charge in [-0.05, 0) is 18.4 Å². The van der Waals surface area contributed by atoms with E-state index in [0.29, 0.717) is 18.7 Å². The average Bonchev–Trinajstić information content (AvgIpc) is 2.36. The van der Waals surface area contributed by atoms with E-state index in [-0.39, 0.29) is 23.8 Å². The molecule has 0 aliphatic carbocycles. The van der Waals surface area contributed by atoms with Gasteiger partial charge in [0.05, 0.1) is 10.5 Å². The predicted octanol–water partition coefficient (Wildman–Crippen LogP) is 1.72. The van der Waals surface area contributed by atoms with Crippen molar-refractivity contribution in [2.75, 3.05) is 18.5 Å². The van der Waals surface area contributed by atoms with Crippen LogP contribution in [0.2, 0.25) is 0 Å². The van der Waals surface area contributed by atoms with Crippen LogP contribution >= 0.6 is 0 Å². The van der Waals surface area contributed by atoms with Crippen LogP contribution in [0, 0.1) is 16.0 Å². The minimum atomic E-state index is -1.22. The topological polar surface area (TPSA) is 113 Å². The van der Waals surface area contributed by atoms with Crippen molar-refractivity contribution in [3.63, 3.8) is 0 Å². The largest absolute Gasteiger partial charge is 0.478 e. The van der Waals surface area contributed by atoms with Gasteiger partial charge in [-0.1, -0.05) is 6.92 Å². The number of nitrogens with zero attached hydrogens (tertiary/aromatic N) is 1. The molecule has 0 bridgehead atoms. The molecule has 0 aromatic heterocycles. The molecule has 0 fully saturated rings. The third-order valence-electron chi connectivity index (χ3n) is 2.71. The van der Waals surface area contributed by atoms with Crippen LogP contribution in [0.1, 0.15) is 23.7 Å². The number of carboxylic acids is 1. The van der Waals surface area contributed by atoms with Gasteiger partial charge in [-0.15, -0.1) is 0 Å². The van der Waals surface area contributed by atoms with Crippen molar-refractivity contribution in [3.8, 4) is 0 Å². The zero-order chi connectivity index (χ0) is 14.4. The third-order valence-corrected chi connectivity index (χ3v) is 2.71. The fourth-order valence-electron chi connectivity index (χ4n) is 1.58. The summed E-state index contributed by atoms with van der Waals surface area (Å²) < 4.78 is 0. The van der Waals surface area contributed by atoms with Crippen molar-refractivity contribution in [1.82, 2.24) is 0 Å². The monoisotopic (exact) mass is 268 g/mol. The second-order valence-electron chi connectivity index (χ2n) is 4.29. The summed E-state index contributed by atoms with van der Waals surface area (Å²) in [6, 6.07) is 3.67. The zero-order valence-corrected chi connectivity index (χ0v) is 10.5. The van der Waals surface area contributed by atoms with E-state index in [1.54, 1.807) is 0 Å². The number of non-ortho nitro benzene ring substituents is 1. The lowest BCUT2D eigenvalue weighted by atomic mass is 10.1.